The van der Waals surface area contributed by atoms with E-state index in [9.17, 15) is 9.18 Å². The summed E-state index contributed by atoms with van der Waals surface area (Å²) in [5.41, 5.74) is 6.06. The highest BCUT2D eigenvalue weighted by Gasteiger charge is 2.15. The molecule has 0 bridgehead atoms. The third kappa shape index (κ3) is 3.75. The van der Waals surface area contributed by atoms with Crippen LogP contribution >= 0.6 is 0 Å². The third-order valence-corrected chi connectivity index (χ3v) is 2.90. The number of carbonyl (C=O) groups excluding carboxylic acids is 1. The molecular weight excluding hydrogens is 275 g/mol. The van der Waals surface area contributed by atoms with E-state index in [1.165, 1.54) is 6.07 Å². The van der Waals surface area contributed by atoms with E-state index in [0.717, 1.165) is 11.8 Å². The van der Waals surface area contributed by atoms with Crippen LogP contribution in [-0.2, 0) is 11.2 Å². The maximum absolute atomic E-state index is 13.8. The average molecular weight is 292 g/mol. The van der Waals surface area contributed by atoms with Gasteiger partial charge in [0.1, 0.15) is 11.6 Å². The Hall–Kier alpha value is -2.50. The number of nitrogens with two attached hydrogens (primary N) is 1. The van der Waals surface area contributed by atoms with Crippen LogP contribution in [0.1, 0.15) is 23.0 Å². The summed E-state index contributed by atoms with van der Waals surface area (Å²) in [7, 11) is 0. The van der Waals surface area contributed by atoms with Crippen LogP contribution in [0.5, 0.6) is 0 Å². The van der Waals surface area contributed by atoms with E-state index in [1.807, 2.05) is 6.07 Å². The summed E-state index contributed by atoms with van der Waals surface area (Å²) in [4.78, 5) is 11.7. The van der Waals surface area contributed by atoms with Gasteiger partial charge in [-0.15, -0.1) is 0 Å². The molecule has 0 spiro atoms. The number of halogens is 1. The highest BCUT2D eigenvalue weighted by molar-refractivity contribution is 5.96. The molecule has 0 aliphatic heterocycles. The zero-order valence-corrected chi connectivity index (χ0v) is 11.7. The summed E-state index contributed by atoms with van der Waals surface area (Å²) < 4.78 is 23.9. The number of benzene rings is 1. The Balaban J connectivity index is 2.07. The molecule has 3 N–H and O–H groups in total. The van der Waals surface area contributed by atoms with Gasteiger partial charge in [-0.3, -0.25) is 0 Å². The average Bonchev–Trinajstić information content (AvgIpc) is 2.94. The van der Waals surface area contributed by atoms with E-state index in [0.29, 0.717) is 13.0 Å². The van der Waals surface area contributed by atoms with Crippen LogP contribution < -0.4 is 11.1 Å². The number of anilines is 2. The van der Waals surface area contributed by atoms with Crippen molar-refractivity contribution in [2.75, 3.05) is 24.2 Å². The smallest absolute Gasteiger partial charge is 0.340 e. The van der Waals surface area contributed by atoms with Crippen molar-refractivity contribution in [2.24, 2.45) is 0 Å². The van der Waals surface area contributed by atoms with E-state index in [-0.39, 0.29) is 23.5 Å². The molecule has 1 aromatic heterocycles. The van der Waals surface area contributed by atoms with Crippen molar-refractivity contribution >= 4 is 17.3 Å². The lowest BCUT2D eigenvalue weighted by molar-refractivity contribution is 0.0527. The van der Waals surface area contributed by atoms with Crippen molar-refractivity contribution in [3.63, 3.8) is 0 Å². The Labute approximate surface area is 121 Å². The first-order valence-corrected chi connectivity index (χ1v) is 6.64. The number of furan rings is 1. The molecular formula is C15H17FN2O3. The summed E-state index contributed by atoms with van der Waals surface area (Å²) in [5, 5.41) is 2.92. The van der Waals surface area contributed by atoms with Crippen LogP contribution in [0.25, 0.3) is 0 Å². The maximum atomic E-state index is 13.8. The number of nitrogens with one attached hydrogen (secondary N) is 1. The van der Waals surface area contributed by atoms with Gasteiger partial charge in [0.25, 0.3) is 0 Å². The van der Waals surface area contributed by atoms with Crippen molar-refractivity contribution in [1.29, 1.82) is 0 Å². The highest BCUT2D eigenvalue weighted by Crippen LogP contribution is 2.23. The van der Waals surface area contributed by atoms with Gasteiger partial charge in [-0.25, -0.2) is 9.18 Å². The second-order valence-electron chi connectivity index (χ2n) is 4.40. The van der Waals surface area contributed by atoms with E-state index in [1.54, 1.807) is 19.3 Å². The number of hydrogen-bond acceptors (Lipinski definition) is 5. The summed E-state index contributed by atoms with van der Waals surface area (Å²) in [6.45, 7) is 2.40. The first-order valence-electron chi connectivity index (χ1n) is 6.64. The molecule has 0 amide bonds. The van der Waals surface area contributed by atoms with Crippen LogP contribution in [-0.4, -0.2) is 19.1 Å². The second-order valence-corrected chi connectivity index (χ2v) is 4.40. The molecule has 2 rings (SSSR count). The van der Waals surface area contributed by atoms with Gasteiger partial charge in [-0.1, -0.05) is 0 Å². The Kier molecular flexibility index (Phi) is 4.81. The van der Waals surface area contributed by atoms with E-state index in [2.05, 4.69) is 5.32 Å². The molecule has 0 saturated heterocycles. The molecule has 0 aliphatic rings. The number of ether oxygens (including phenoxy) is 1. The SMILES string of the molecule is CCOC(=O)c1cc(NCCc2ccco2)c(F)cc1N. The van der Waals surface area contributed by atoms with E-state index < -0.39 is 11.8 Å². The van der Waals surface area contributed by atoms with Crippen LogP contribution in [0.15, 0.2) is 34.9 Å². The van der Waals surface area contributed by atoms with Crippen molar-refractivity contribution in [3.05, 3.63) is 47.7 Å². The number of nitrogen functional groups attached to an aromatic ring is 1. The Morgan fingerprint density at radius 3 is 2.95 bits per heavy atom. The number of carbonyl (C=O) groups is 1. The molecule has 5 nitrogen and oxygen atoms in total. The van der Waals surface area contributed by atoms with Gasteiger partial charge < -0.3 is 20.2 Å². The van der Waals surface area contributed by atoms with Crippen molar-refractivity contribution in [1.82, 2.24) is 0 Å². The molecule has 1 aromatic carbocycles. The Bertz CT molecular complexity index is 612. The fraction of sp³-hybridized carbons (Fsp3) is 0.267. The Morgan fingerprint density at radius 2 is 2.29 bits per heavy atom. The highest BCUT2D eigenvalue weighted by atomic mass is 19.1. The minimum absolute atomic E-state index is 0.0579. The normalized spacial score (nSPS) is 10.4. The van der Waals surface area contributed by atoms with Crippen LogP contribution in [0.2, 0.25) is 0 Å². The largest absolute Gasteiger partial charge is 0.469 e. The third-order valence-electron chi connectivity index (χ3n) is 2.90. The van der Waals surface area contributed by atoms with Crippen LogP contribution in [0.4, 0.5) is 15.8 Å². The summed E-state index contributed by atoms with van der Waals surface area (Å²) in [6.07, 6.45) is 2.18. The van der Waals surface area contributed by atoms with Crippen molar-refractivity contribution in [3.8, 4) is 0 Å². The fourth-order valence-corrected chi connectivity index (χ4v) is 1.88. The van der Waals surface area contributed by atoms with Crippen molar-refractivity contribution < 1.29 is 18.3 Å². The molecule has 0 atom stereocenters. The molecule has 2 aromatic rings. The lowest BCUT2D eigenvalue weighted by Crippen LogP contribution is -2.11. The standard InChI is InChI=1S/C15H17FN2O3/c1-2-20-15(19)11-8-14(12(16)9-13(11)17)18-6-5-10-4-3-7-21-10/h3-4,7-9,18H,2,5-6,17H2,1H3. The van der Waals surface area contributed by atoms with Gasteiger partial charge in [0.2, 0.25) is 0 Å². The summed E-state index contributed by atoms with van der Waals surface area (Å²) in [5.74, 6) is -0.284. The van der Waals surface area contributed by atoms with E-state index in [4.69, 9.17) is 14.9 Å². The second kappa shape index (κ2) is 6.78. The molecule has 112 valence electrons. The monoisotopic (exact) mass is 292 g/mol. The lowest BCUT2D eigenvalue weighted by atomic mass is 10.1. The quantitative estimate of drug-likeness (QED) is 0.632. The number of esters is 1. The number of rotatable bonds is 6. The molecule has 0 fully saturated rings. The molecule has 1 heterocycles. The van der Waals surface area contributed by atoms with E-state index >= 15 is 0 Å². The molecule has 0 aliphatic carbocycles. The molecule has 6 heteroatoms. The Morgan fingerprint density at radius 1 is 1.48 bits per heavy atom. The van der Waals surface area contributed by atoms with Gasteiger partial charge in [-0.2, -0.15) is 0 Å². The minimum Gasteiger partial charge on any atom is -0.469 e. The predicted octanol–water partition coefficient (Wildman–Crippen LogP) is 2.83. The van der Waals surface area contributed by atoms with Gasteiger partial charge in [-0.05, 0) is 31.2 Å². The van der Waals surface area contributed by atoms with Crippen LogP contribution in [0, 0.1) is 5.82 Å². The van der Waals surface area contributed by atoms with Gasteiger partial charge in [0, 0.05) is 18.7 Å². The topological polar surface area (TPSA) is 77.5 Å². The van der Waals surface area contributed by atoms with Crippen molar-refractivity contribution in [2.45, 2.75) is 13.3 Å². The zero-order chi connectivity index (χ0) is 15.2. The molecule has 0 radical (unpaired) electrons. The predicted molar refractivity (Wildman–Crippen MR) is 77.7 cm³/mol. The number of hydrogen-bond donors (Lipinski definition) is 2. The molecule has 21 heavy (non-hydrogen) atoms. The minimum atomic E-state index is -0.566. The van der Waals surface area contributed by atoms with Gasteiger partial charge in [0.15, 0.2) is 0 Å². The fourth-order valence-electron chi connectivity index (χ4n) is 1.88. The molecule has 0 unspecified atom stereocenters. The van der Waals surface area contributed by atoms with Gasteiger partial charge >= 0.3 is 5.97 Å². The lowest BCUT2D eigenvalue weighted by Gasteiger charge is -2.11. The zero-order valence-electron chi connectivity index (χ0n) is 11.7. The van der Waals surface area contributed by atoms with Crippen LogP contribution in [0.3, 0.4) is 0 Å². The summed E-state index contributed by atoms with van der Waals surface area (Å²) in [6, 6.07) is 6.11. The summed E-state index contributed by atoms with van der Waals surface area (Å²) >= 11 is 0. The molecule has 0 saturated carbocycles. The first-order chi connectivity index (χ1) is 10.1. The van der Waals surface area contributed by atoms with Gasteiger partial charge in [0.05, 0.1) is 24.1 Å². The first kappa shape index (κ1) is 14.9. The maximum Gasteiger partial charge on any atom is 0.340 e.